The van der Waals surface area contributed by atoms with Crippen LogP contribution in [-0.2, 0) is 17.8 Å². The first-order valence-electron chi connectivity index (χ1n) is 8.25. The fourth-order valence-corrected chi connectivity index (χ4v) is 3.30. The predicted octanol–water partition coefficient (Wildman–Crippen LogP) is 2.58. The Morgan fingerprint density at radius 1 is 1.26 bits per heavy atom. The zero-order chi connectivity index (χ0) is 15.6. The lowest BCUT2D eigenvalue weighted by molar-refractivity contribution is 0.0381. The minimum atomic E-state index is 0.281. The SMILES string of the molecule is CC[C@H]1CN(c2ncnc3c2Cc2ccccc2OC3)CCO1. The Labute approximate surface area is 136 Å². The van der Waals surface area contributed by atoms with Crippen molar-refractivity contribution in [2.75, 3.05) is 24.6 Å². The summed E-state index contributed by atoms with van der Waals surface area (Å²) in [6, 6.07) is 8.21. The second kappa shape index (κ2) is 6.16. The minimum Gasteiger partial charge on any atom is -0.487 e. The van der Waals surface area contributed by atoms with Gasteiger partial charge in [-0.25, -0.2) is 9.97 Å². The van der Waals surface area contributed by atoms with Gasteiger partial charge in [0.05, 0.1) is 18.4 Å². The van der Waals surface area contributed by atoms with Gasteiger partial charge in [-0.1, -0.05) is 25.1 Å². The molecular formula is C18H21N3O2. The fraction of sp³-hybridized carbons (Fsp3) is 0.444. The van der Waals surface area contributed by atoms with E-state index in [0.29, 0.717) is 6.61 Å². The number of rotatable bonds is 2. The van der Waals surface area contributed by atoms with Crippen LogP contribution in [0.15, 0.2) is 30.6 Å². The van der Waals surface area contributed by atoms with Crippen molar-refractivity contribution in [1.29, 1.82) is 0 Å². The highest BCUT2D eigenvalue weighted by Crippen LogP contribution is 2.32. The molecular weight excluding hydrogens is 290 g/mol. The topological polar surface area (TPSA) is 47.5 Å². The minimum absolute atomic E-state index is 0.281. The van der Waals surface area contributed by atoms with Gasteiger partial charge in [-0.3, -0.25) is 0 Å². The average Bonchev–Trinajstić information content (AvgIpc) is 2.81. The number of fused-ring (bicyclic) bond motifs is 2. The second-order valence-corrected chi connectivity index (χ2v) is 6.04. The van der Waals surface area contributed by atoms with Crippen LogP contribution in [0.4, 0.5) is 5.82 Å². The number of morpholine rings is 1. The van der Waals surface area contributed by atoms with Crippen molar-refractivity contribution in [3.8, 4) is 5.75 Å². The first-order chi connectivity index (χ1) is 11.3. The van der Waals surface area contributed by atoms with Crippen molar-refractivity contribution in [2.24, 2.45) is 0 Å². The largest absolute Gasteiger partial charge is 0.487 e. The molecule has 1 aromatic carbocycles. The van der Waals surface area contributed by atoms with Gasteiger partial charge in [0.15, 0.2) is 0 Å². The van der Waals surface area contributed by atoms with E-state index in [1.165, 1.54) is 11.1 Å². The van der Waals surface area contributed by atoms with E-state index >= 15 is 0 Å². The van der Waals surface area contributed by atoms with Gasteiger partial charge in [-0.2, -0.15) is 0 Å². The molecule has 23 heavy (non-hydrogen) atoms. The number of para-hydroxylation sites is 1. The summed E-state index contributed by atoms with van der Waals surface area (Å²) in [5.74, 6) is 1.99. The number of hydrogen-bond acceptors (Lipinski definition) is 5. The fourth-order valence-electron chi connectivity index (χ4n) is 3.30. The molecule has 3 heterocycles. The monoisotopic (exact) mass is 311 g/mol. The van der Waals surface area contributed by atoms with Gasteiger partial charge in [0.25, 0.3) is 0 Å². The Hall–Kier alpha value is -2.14. The standard InChI is InChI=1S/C18H21N3O2/c1-2-14-10-21(7-8-22-14)18-15-9-13-5-3-4-6-17(13)23-11-16(15)19-12-20-18/h3-6,12,14H,2,7-11H2,1H3/t14-/m0/s1. The molecule has 2 aliphatic rings. The normalized spacial score (nSPS) is 20.2. The molecule has 1 aromatic heterocycles. The predicted molar refractivity (Wildman–Crippen MR) is 87.9 cm³/mol. The lowest BCUT2D eigenvalue weighted by Gasteiger charge is -2.34. The molecule has 0 radical (unpaired) electrons. The van der Waals surface area contributed by atoms with Gasteiger partial charge in [-0.15, -0.1) is 0 Å². The Morgan fingerprint density at radius 2 is 2.17 bits per heavy atom. The van der Waals surface area contributed by atoms with E-state index in [-0.39, 0.29) is 6.10 Å². The van der Waals surface area contributed by atoms with Gasteiger partial charge in [0.2, 0.25) is 0 Å². The molecule has 0 spiro atoms. The van der Waals surface area contributed by atoms with Crippen LogP contribution in [-0.4, -0.2) is 35.8 Å². The van der Waals surface area contributed by atoms with Crippen molar-refractivity contribution < 1.29 is 9.47 Å². The Morgan fingerprint density at radius 3 is 3.09 bits per heavy atom. The first kappa shape index (κ1) is 14.5. The number of aromatic nitrogens is 2. The van der Waals surface area contributed by atoms with Crippen molar-refractivity contribution in [1.82, 2.24) is 9.97 Å². The van der Waals surface area contributed by atoms with Crippen molar-refractivity contribution in [3.05, 3.63) is 47.4 Å². The summed E-state index contributed by atoms with van der Waals surface area (Å²) in [6.45, 7) is 5.19. The molecule has 4 rings (SSSR count). The van der Waals surface area contributed by atoms with E-state index in [2.05, 4.69) is 33.9 Å². The summed E-state index contributed by atoms with van der Waals surface area (Å²) < 4.78 is 11.7. The first-order valence-corrected chi connectivity index (χ1v) is 8.25. The Balaban J connectivity index is 1.71. The number of hydrogen-bond donors (Lipinski definition) is 0. The molecule has 120 valence electrons. The quantitative estimate of drug-likeness (QED) is 0.853. The zero-order valence-corrected chi connectivity index (χ0v) is 13.4. The van der Waals surface area contributed by atoms with Crippen LogP contribution in [0, 0.1) is 0 Å². The number of benzene rings is 1. The van der Waals surface area contributed by atoms with Gasteiger partial charge < -0.3 is 14.4 Å². The van der Waals surface area contributed by atoms with Gasteiger partial charge in [-0.05, 0) is 18.1 Å². The van der Waals surface area contributed by atoms with Crippen molar-refractivity contribution in [2.45, 2.75) is 32.5 Å². The lowest BCUT2D eigenvalue weighted by Crippen LogP contribution is -2.43. The van der Waals surface area contributed by atoms with Crippen LogP contribution in [0.5, 0.6) is 5.75 Å². The molecule has 0 bridgehead atoms. The molecule has 0 N–H and O–H groups in total. The van der Waals surface area contributed by atoms with Crippen molar-refractivity contribution >= 4 is 5.82 Å². The van der Waals surface area contributed by atoms with E-state index in [1.54, 1.807) is 6.33 Å². The van der Waals surface area contributed by atoms with Crippen LogP contribution in [0.25, 0.3) is 0 Å². The van der Waals surface area contributed by atoms with Crippen LogP contribution in [0.2, 0.25) is 0 Å². The molecule has 1 saturated heterocycles. The average molecular weight is 311 g/mol. The van der Waals surface area contributed by atoms with Crippen LogP contribution in [0.3, 0.4) is 0 Å². The molecule has 2 aromatic rings. The van der Waals surface area contributed by atoms with Crippen LogP contribution >= 0.6 is 0 Å². The molecule has 5 heteroatoms. The van der Waals surface area contributed by atoms with Gasteiger partial charge >= 0.3 is 0 Å². The number of nitrogens with zero attached hydrogens (tertiary/aromatic N) is 3. The molecule has 1 atom stereocenters. The van der Waals surface area contributed by atoms with Crippen molar-refractivity contribution in [3.63, 3.8) is 0 Å². The molecule has 2 aliphatic heterocycles. The summed E-state index contributed by atoms with van der Waals surface area (Å²) in [7, 11) is 0. The van der Waals surface area contributed by atoms with Gasteiger partial charge in [0.1, 0.15) is 24.5 Å². The third-order valence-electron chi connectivity index (χ3n) is 4.61. The van der Waals surface area contributed by atoms with E-state index in [9.17, 15) is 0 Å². The smallest absolute Gasteiger partial charge is 0.136 e. The maximum absolute atomic E-state index is 5.93. The Kier molecular flexibility index (Phi) is 3.87. The van der Waals surface area contributed by atoms with E-state index in [4.69, 9.17) is 9.47 Å². The molecule has 0 saturated carbocycles. The highest BCUT2D eigenvalue weighted by molar-refractivity contribution is 5.53. The van der Waals surface area contributed by atoms with E-state index in [1.807, 2.05) is 12.1 Å². The zero-order valence-electron chi connectivity index (χ0n) is 13.4. The number of anilines is 1. The highest BCUT2D eigenvalue weighted by atomic mass is 16.5. The molecule has 0 amide bonds. The summed E-state index contributed by atoms with van der Waals surface area (Å²) in [6.07, 6.45) is 3.78. The summed E-state index contributed by atoms with van der Waals surface area (Å²) in [4.78, 5) is 11.4. The molecule has 0 unspecified atom stereocenters. The maximum Gasteiger partial charge on any atom is 0.136 e. The third-order valence-corrected chi connectivity index (χ3v) is 4.61. The molecule has 5 nitrogen and oxygen atoms in total. The van der Waals surface area contributed by atoms with Gasteiger partial charge in [0, 0.05) is 25.1 Å². The third kappa shape index (κ3) is 2.77. The van der Waals surface area contributed by atoms with Crippen LogP contribution in [0.1, 0.15) is 30.2 Å². The molecule has 1 fully saturated rings. The second-order valence-electron chi connectivity index (χ2n) is 6.04. The lowest BCUT2D eigenvalue weighted by atomic mass is 10.0. The highest BCUT2D eigenvalue weighted by Gasteiger charge is 2.25. The summed E-state index contributed by atoms with van der Waals surface area (Å²) in [5, 5.41) is 0. The van der Waals surface area contributed by atoms with Crippen LogP contribution < -0.4 is 9.64 Å². The molecule has 0 aliphatic carbocycles. The van der Waals surface area contributed by atoms with E-state index in [0.717, 1.165) is 49.8 Å². The summed E-state index contributed by atoms with van der Waals surface area (Å²) >= 11 is 0. The van der Waals surface area contributed by atoms with E-state index < -0.39 is 0 Å². The maximum atomic E-state index is 5.93. The Bertz CT molecular complexity index is 704. The summed E-state index contributed by atoms with van der Waals surface area (Å²) in [5.41, 5.74) is 3.38. The number of ether oxygens (including phenoxy) is 2.